The van der Waals surface area contributed by atoms with Crippen LogP contribution in [-0.4, -0.2) is 17.6 Å². The molecule has 1 amide bonds. The van der Waals surface area contributed by atoms with Gasteiger partial charge in [-0.25, -0.2) is 0 Å². The van der Waals surface area contributed by atoms with Gasteiger partial charge in [0, 0.05) is 19.0 Å². The maximum absolute atomic E-state index is 10.8. The van der Waals surface area contributed by atoms with Gasteiger partial charge in [0.05, 0.1) is 12.4 Å². The van der Waals surface area contributed by atoms with E-state index in [1.807, 2.05) is 36.4 Å². The molecule has 1 atom stereocenters. The lowest BCUT2D eigenvalue weighted by Crippen LogP contribution is -2.25. The van der Waals surface area contributed by atoms with Crippen LogP contribution in [0.5, 0.6) is 0 Å². The van der Waals surface area contributed by atoms with Gasteiger partial charge in [-0.15, -0.1) is 0 Å². The number of nitrogens with one attached hydrogen (secondary N) is 1. The van der Waals surface area contributed by atoms with Crippen LogP contribution in [0.25, 0.3) is 11.3 Å². The first-order chi connectivity index (χ1) is 8.66. The van der Waals surface area contributed by atoms with Crippen LogP contribution in [-0.2, 0) is 4.79 Å². The summed E-state index contributed by atoms with van der Waals surface area (Å²) in [4.78, 5) is 10.8. The van der Waals surface area contributed by atoms with Crippen LogP contribution in [0.3, 0.4) is 0 Å². The smallest absolute Gasteiger partial charge is 0.216 e. The van der Waals surface area contributed by atoms with E-state index in [0.717, 1.165) is 16.9 Å². The molecule has 94 valence electrons. The number of amides is 1. The molecule has 0 bridgehead atoms. The minimum atomic E-state index is -0.695. The average molecular weight is 245 g/mol. The highest BCUT2D eigenvalue weighted by Gasteiger charge is 2.08. The number of carbonyl (C=O) groups excluding carboxylic acids is 1. The Bertz CT molecular complexity index is 502. The molecule has 0 aliphatic heterocycles. The summed E-state index contributed by atoms with van der Waals surface area (Å²) in [6.45, 7) is 1.64. The number of furan rings is 1. The van der Waals surface area contributed by atoms with E-state index in [-0.39, 0.29) is 12.5 Å². The standard InChI is InChI=1S/C14H15NO3/c1-10(16)15-9-13(17)11-4-6-12(7-5-11)14-3-2-8-18-14/h2-8,13,17H,9H2,1H3,(H,15,16)/t13-/m0/s1. The molecule has 1 aromatic carbocycles. The lowest BCUT2D eigenvalue weighted by molar-refractivity contribution is -0.119. The van der Waals surface area contributed by atoms with Crippen molar-refractivity contribution in [2.75, 3.05) is 6.54 Å². The Morgan fingerprint density at radius 1 is 1.33 bits per heavy atom. The van der Waals surface area contributed by atoms with Gasteiger partial charge in [-0.3, -0.25) is 4.79 Å². The molecular formula is C14H15NO3. The van der Waals surface area contributed by atoms with Crippen LogP contribution in [0.2, 0.25) is 0 Å². The molecule has 0 spiro atoms. The maximum atomic E-state index is 10.8. The van der Waals surface area contributed by atoms with Crippen molar-refractivity contribution in [1.29, 1.82) is 0 Å². The van der Waals surface area contributed by atoms with Crippen LogP contribution >= 0.6 is 0 Å². The van der Waals surface area contributed by atoms with Crippen LogP contribution < -0.4 is 5.32 Å². The van der Waals surface area contributed by atoms with Crippen LogP contribution in [0.15, 0.2) is 47.1 Å². The molecule has 1 aromatic heterocycles. The molecule has 0 radical (unpaired) electrons. The summed E-state index contributed by atoms with van der Waals surface area (Å²) in [6, 6.07) is 11.1. The van der Waals surface area contributed by atoms with E-state index in [4.69, 9.17) is 4.42 Å². The van der Waals surface area contributed by atoms with Gasteiger partial charge >= 0.3 is 0 Å². The number of aliphatic hydroxyl groups is 1. The number of hydrogen-bond acceptors (Lipinski definition) is 3. The molecule has 4 heteroatoms. The van der Waals surface area contributed by atoms with Crippen molar-refractivity contribution in [3.63, 3.8) is 0 Å². The first kappa shape index (κ1) is 12.4. The fourth-order valence-electron chi connectivity index (χ4n) is 1.67. The summed E-state index contributed by atoms with van der Waals surface area (Å²) in [5, 5.41) is 12.4. The number of aliphatic hydroxyl groups excluding tert-OH is 1. The normalized spacial score (nSPS) is 12.1. The van der Waals surface area contributed by atoms with Crippen molar-refractivity contribution >= 4 is 5.91 Å². The van der Waals surface area contributed by atoms with E-state index in [2.05, 4.69) is 5.32 Å². The topological polar surface area (TPSA) is 62.5 Å². The second-order valence-electron chi connectivity index (χ2n) is 4.05. The molecule has 2 rings (SSSR count). The predicted molar refractivity (Wildman–Crippen MR) is 67.8 cm³/mol. The Hall–Kier alpha value is -2.07. The van der Waals surface area contributed by atoms with E-state index < -0.39 is 6.10 Å². The van der Waals surface area contributed by atoms with Crippen molar-refractivity contribution in [2.45, 2.75) is 13.0 Å². The van der Waals surface area contributed by atoms with Gasteiger partial charge in [0.2, 0.25) is 5.91 Å². The Balaban J connectivity index is 2.05. The quantitative estimate of drug-likeness (QED) is 0.867. The lowest BCUT2D eigenvalue weighted by Gasteiger charge is -2.11. The number of benzene rings is 1. The third kappa shape index (κ3) is 2.99. The second-order valence-corrected chi connectivity index (χ2v) is 4.05. The van der Waals surface area contributed by atoms with Gasteiger partial charge in [-0.1, -0.05) is 24.3 Å². The zero-order valence-electron chi connectivity index (χ0n) is 10.1. The molecule has 2 N–H and O–H groups in total. The molecular weight excluding hydrogens is 230 g/mol. The van der Waals surface area contributed by atoms with Crippen LogP contribution in [0.1, 0.15) is 18.6 Å². The number of hydrogen-bond donors (Lipinski definition) is 2. The second kappa shape index (κ2) is 5.51. The maximum Gasteiger partial charge on any atom is 0.216 e. The molecule has 0 fully saturated rings. The van der Waals surface area contributed by atoms with Crippen molar-refractivity contribution in [1.82, 2.24) is 5.32 Å². The van der Waals surface area contributed by atoms with Gasteiger partial charge < -0.3 is 14.8 Å². The van der Waals surface area contributed by atoms with Gasteiger partial charge in [0.25, 0.3) is 0 Å². The van der Waals surface area contributed by atoms with E-state index in [1.165, 1.54) is 6.92 Å². The van der Waals surface area contributed by atoms with Gasteiger partial charge in [-0.2, -0.15) is 0 Å². The monoisotopic (exact) mass is 245 g/mol. The summed E-state index contributed by atoms with van der Waals surface area (Å²) < 4.78 is 5.28. The largest absolute Gasteiger partial charge is 0.464 e. The molecule has 2 aromatic rings. The van der Waals surface area contributed by atoms with Crippen molar-refractivity contribution in [3.8, 4) is 11.3 Å². The fraction of sp³-hybridized carbons (Fsp3) is 0.214. The molecule has 0 aliphatic rings. The van der Waals surface area contributed by atoms with Crippen molar-refractivity contribution in [3.05, 3.63) is 48.2 Å². The van der Waals surface area contributed by atoms with Crippen molar-refractivity contribution < 1.29 is 14.3 Å². The minimum Gasteiger partial charge on any atom is -0.464 e. The van der Waals surface area contributed by atoms with E-state index in [0.29, 0.717) is 0 Å². The first-order valence-electron chi connectivity index (χ1n) is 5.73. The van der Waals surface area contributed by atoms with Gasteiger partial charge in [-0.05, 0) is 17.7 Å². The molecule has 0 unspecified atom stereocenters. The molecule has 1 heterocycles. The summed E-state index contributed by atoms with van der Waals surface area (Å²) >= 11 is 0. The molecule has 0 saturated carbocycles. The third-order valence-electron chi connectivity index (χ3n) is 2.65. The zero-order chi connectivity index (χ0) is 13.0. The van der Waals surface area contributed by atoms with Crippen molar-refractivity contribution in [2.24, 2.45) is 0 Å². The average Bonchev–Trinajstić information content (AvgIpc) is 2.90. The Morgan fingerprint density at radius 2 is 2.06 bits per heavy atom. The first-order valence-corrected chi connectivity index (χ1v) is 5.73. The van der Waals surface area contributed by atoms with Gasteiger partial charge in [0.1, 0.15) is 5.76 Å². The number of rotatable bonds is 4. The van der Waals surface area contributed by atoms with Crippen LogP contribution in [0, 0.1) is 0 Å². The SMILES string of the molecule is CC(=O)NC[C@H](O)c1ccc(-c2ccco2)cc1. The molecule has 0 aliphatic carbocycles. The lowest BCUT2D eigenvalue weighted by atomic mass is 10.1. The third-order valence-corrected chi connectivity index (χ3v) is 2.65. The van der Waals surface area contributed by atoms with Crippen LogP contribution in [0.4, 0.5) is 0 Å². The molecule has 4 nitrogen and oxygen atoms in total. The Kier molecular flexibility index (Phi) is 3.79. The minimum absolute atomic E-state index is 0.152. The highest BCUT2D eigenvalue weighted by Crippen LogP contribution is 2.22. The highest BCUT2D eigenvalue weighted by atomic mass is 16.3. The Morgan fingerprint density at radius 3 is 2.61 bits per heavy atom. The fourth-order valence-corrected chi connectivity index (χ4v) is 1.67. The zero-order valence-corrected chi connectivity index (χ0v) is 10.1. The highest BCUT2D eigenvalue weighted by molar-refractivity contribution is 5.72. The van der Waals surface area contributed by atoms with E-state index in [9.17, 15) is 9.90 Å². The summed E-state index contributed by atoms with van der Waals surface area (Å²) in [6.07, 6.45) is 0.925. The van der Waals surface area contributed by atoms with E-state index >= 15 is 0 Å². The summed E-state index contributed by atoms with van der Waals surface area (Å²) in [5.41, 5.74) is 1.72. The van der Waals surface area contributed by atoms with E-state index in [1.54, 1.807) is 6.26 Å². The molecule has 0 saturated heterocycles. The summed E-state index contributed by atoms with van der Waals surface area (Å²) in [7, 11) is 0. The number of carbonyl (C=O) groups is 1. The Labute approximate surface area is 105 Å². The predicted octanol–water partition coefficient (Wildman–Crippen LogP) is 2.12. The molecule has 18 heavy (non-hydrogen) atoms. The van der Waals surface area contributed by atoms with Gasteiger partial charge in [0.15, 0.2) is 0 Å². The summed E-state index contributed by atoms with van der Waals surface area (Å²) in [5.74, 6) is 0.638.